The van der Waals surface area contributed by atoms with Gasteiger partial charge in [0.25, 0.3) is 0 Å². The summed E-state index contributed by atoms with van der Waals surface area (Å²) in [6.07, 6.45) is 2.82. The van der Waals surface area contributed by atoms with Gasteiger partial charge in [0.05, 0.1) is 35.5 Å². The highest BCUT2D eigenvalue weighted by atomic mass is 32.2. The van der Waals surface area contributed by atoms with Crippen LogP contribution in [0.15, 0.2) is 29.3 Å². The van der Waals surface area contributed by atoms with Crippen molar-refractivity contribution in [2.24, 2.45) is 0 Å². The van der Waals surface area contributed by atoms with Gasteiger partial charge in [-0.1, -0.05) is 12.1 Å². The molecule has 0 saturated carbocycles. The molecule has 2 N–H and O–H groups in total. The number of ether oxygens (including phenoxy) is 1. The van der Waals surface area contributed by atoms with E-state index in [4.69, 9.17) is 14.7 Å². The van der Waals surface area contributed by atoms with Crippen LogP contribution in [0.4, 0.5) is 5.82 Å². The predicted octanol–water partition coefficient (Wildman–Crippen LogP) is 2.09. The molecule has 1 saturated heterocycles. The van der Waals surface area contributed by atoms with E-state index < -0.39 is 0 Å². The quantitative estimate of drug-likeness (QED) is 0.715. The Bertz CT molecular complexity index is 968. The van der Waals surface area contributed by atoms with Gasteiger partial charge >= 0.3 is 0 Å². The second kappa shape index (κ2) is 7.10. The van der Waals surface area contributed by atoms with Crippen molar-refractivity contribution in [1.82, 2.24) is 25.5 Å². The van der Waals surface area contributed by atoms with Crippen LogP contribution in [0.2, 0.25) is 0 Å². The lowest BCUT2D eigenvalue weighted by Crippen LogP contribution is -2.37. The average Bonchev–Trinajstić information content (AvgIpc) is 3.34. The van der Waals surface area contributed by atoms with E-state index in [-0.39, 0.29) is 0 Å². The van der Waals surface area contributed by atoms with Gasteiger partial charge in [0, 0.05) is 42.3 Å². The average molecular weight is 382 g/mol. The van der Waals surface area contributed by atoms with E-state index in [0.717, 1.165) is 73.1 Å². The summed E-state index contributed by atoms with van der Waals surface area (Å²) in [6.45, 7) is 4.20. The Balaban J connectivity index is 1.63. The van der Waals surface area contributed by atoms with Gasteiger partial charge in [-0.15, -0.1) is 11.8 Å². The number of nitrogens with zero attached hydrogens (tertiary/aromatic N) is 4. The zero-order chi connectivity index (χ0) is 18.2. The van der Waals surface area contributed by atoms with Gasteiger partial charge in [0.2, 0.25) is 0 Å². The van der Waals surface area contributed by atoms with E-state index in [1.54, 1.807) is 0 Å². The van der Waals surface area contributed by atoms with Gasteiger partial charge < -0.3 is 15.0 Å². The molecule has 7 nitrogen and oxygen atoms in total. The van der Waals surface area contributed by atoms with Crippen LogP contribution < -0.4 is 10.2 Å². The largest absolute Gasteiger partial charge is 0.378 e. The van der Waals surface area contributed by atoms with E-state index in [9.17, 15) is 0 Å². The topological polar surface area (TPSA) is 79.0 Å². The molecule has 140 valence electrons. The van der Waals surface area contributed by atoms with Crippen molar-refractivity contribution in [3.8, 4) is 11.4 Å². The minimum atomic E-state index is 0.499. The SMILES string of the molecule is CNCC1Cc2nc(-c3cccc4[nH]ncc34)nc(N3CCOCC3)c2S1. The number of morpholine rings is 1. The van der Waals surface area contributed by atoms with Crippen LogP contribution in [0.5, 0.6) is 0 Å². The first-order chi connectivity index (χ1) is 13.3. The first-order valence-corrected chi connectivity index (χ1v) is 10.2. The van der Waals surface area contributed by atoms with Crippen molar-refractivity contribution in [1.29, 1.82) is 0 Å². The van der Waals surface area contributed by atoms with E-state index >= 15 is 0 Å². The van der Waals surface area contributed by atoms with Crippen LogP contribution in [0, 0.1) is 0 Å². The second-order valence-corrected chi connectivity index (χ2v) is 8.20. The molecule has 2 aromatic heterocycles. The lowest BCUT2D eigenvalue weighted by Gasteiger charge is -2.29. The molecule has 2 aliphatic rings. The van der Waals surface area contributed by atoms with Gasteiger partial charge in [0.1, 0.15) is 5.82 Å². The molecule has 27 heavy (non-hydrogen) atoms. The molecule has 0 spiro atoms. The van der Waals surface area contributed by atoms with Crippen molar-refractivity contribution in [2.45, 2.75) is 16.6 Å². The Kier molecular flexibility index (Phi) is 4.47. The molecule has 3 aromatic rings. The lowest BCUT2D eigenvalue weighted by atomic mass is 10.1. The first kappa shape index (κ1) is 17.0. The number of nitrogens with one attached hydrogen (secondary N) is 2. The molecule has 2 aliphatic heterocycles. The fourth-order valence-corrected chi connectivity index (χ4v) is 5.15. The fraction of sp³-hybridized carbons (Fsp3) is 0.421. The van der Waals surface area contributed by atoms with Crippen LogP contribution in [-0.2, 0) is 11.2 Å². The summed E-state index contributed by atoms with van der Waals surface area (Å²) in [6, 6.07) is 6.14. The Labute approximate surface area is 161 Å². The first-order valence-electron chi connectivity index (χ1n) is 9.31. The lowest BCUT2D eigenvalue weighted by molar-refractivity contribution is 0.122. The van der Waals surface area contributed by atoms with E-state index in [2.05, 4.69) is 26.5 Å². The number of thioether (sulfide) groups is 1. The Morgan fingerprint density at radius 3 is 3.04 bits per heavy atom. The van der Waals surface area contributed by atoms with Crippen molar-refractivity contribution in [2.75, 3.05) is 44.8 Å². The number of anilines is 1. The summed E-state index contributed by atoms with van der Waals surface area (Å²) >= 11 is 1.90. The van der Waals surface area contributed by atoms with Gasteiger partial charge in [-0.3, -0.25) is 5.10 Å². The van der Waals surface area contributed by atoms with Gasteiger partial charge in [-0.25, -0.2) is 9.97 Å². The smallest absolute Gasteiger partial charge is 0.162 e. The van der Waals surface area contributed by atoms with Crippen LogP contribution in [0.3, 0.4) is 0 Å². The Morgan fingerprint density at radius 1 is 1.30 bits per heavy atom. The standard InChI is InChI=1S/C19H22N6OS/c1-20-10-12-9-16-17(27-12)19(25-5-7-26-8-6-25)23-18(22-16)13-3-2-4-15-14(13)11-21-24-15/h2-4,11-12,20H,5-10H2,1H3,(H,21,24). The number of hydrogen-bond donors (Lipinski definition) is 2. The minimum Gasteiger partial charge on any atom is -0.378 e. The Morgan fingerprint density at radius 2 is 2.19 bits per heavy atom. The maximum Gasteiger partial charge on any atom is 0.162 e. The highest BCUT2D eigenvalue weighted by Crippen LogP contribution is 2.43. The second-order valence-electron chi connectivity index (χ2n) is 6.88. The van der Waals surface area contributed by atoms with Crippen LogP contribution in [0.25, 0.3) is 22.3 Å². The maximum absolute atomic E-state index is 5.55. The number of H-pyrrole nitrogens is 1. The number of fused-ring (bicyclic) bond motifs is 2. The van der Waals surface area contributed by atoms with Crippen LogP contribution in [0.1, 0.15) is 5.69 Å². The van der Waals surface area contributed by atoms with E-state index in [1.165, 1.54) is 4.90 Å². The molecule has 1 unspecified atom stereocenters. The summed E-state index contributed by atoms with van der Waals surface area (Å²) in [4.78, 5) is 13.6. The third-order valence-corrected chi connectivity index (χ3v) is 6.41. The maximum atomic E-state index is 5.55. The zero-order valence-electron chi connectivity index (χ0n) is 15.2. The van der Waals surface area contributed by atoms with Crippen LogP contribution >= 0.6 is 11.8 Å². The number of aromatic nitrogens is 4. The number of hydrogen-bond acceptors (Lipinski definition) is 7. The van der Waals surface area contributed by atoms with Crippen molar-refractivity contribution >= 4 is 28.5 Å². The molecule has 8 heteroatoms. The highest BCUT2D eigenvalue weighted by Gasteiger charge is 2.30. The predicted molar refractivity (Wildman–Crippen MR) is 107 cm³/mol. The summed E-state index contributed by atoms with van der Waals surface area (Å²) in [7, 11) is 2.00. The zero-order valence-corrected chi connectivity index (χ0v) is 16.1. The molecule has 1 atom stereocenters. The molecule has 5 rings (SSSR count). The normalized spacial score (nSPS) is 19.6. The van der Waals surface area contributed by atoms with E-state index in [0.29, 0.717) is 5.25 Å². The number of rotatable bonds is 4. The molecule has 4 heterocycles. The summed E-state index contributed by atoms with van der Waals surface area (Å²) < 4.78 is 5.55. The molecule has 1 aromatic carbocycles. The summed E-state index contributed by atoms with van der Waals surface area (Å²) in [5.41, 5.74) is 3.19. The minimum absolute atomic E-state index is 0.499. The monoisotopic (exact) mass is 382 g/mol. The molecular formula is C19H22N6OS. The number of benzene rings is 1. The van der Waals surface area contributed by atoms with Gasteiger partial charge in [-0.05, 0) is 13.1 Å². The van der Waals surface area contributed by atoms with Gasteiger partial charge in [-0.2, -0.15) is 5.10 Å². The molecule has 1 fully saturated rings. The summed E-state index contributed by atoms with van der Waals surface area (Å²) in [5, 5.41) is 12.1. The third-order valence-electron chi connectivity index (χ3n) is 5.09. The van der Waals surface area contributed by atoms with Crippen molar-refractivity contribution in [3.63, 3.8) is 0 Å². The van der Waals surface area contributed by atoms with Crippen LogP contribution in [-0.4, -0.2) is 65.3 Å². The molecular weight excluding hydrogens is 360 g/mol. The molecule has 0 bridgehead atoms. The fourth-order valence-electron chi connectivity index (χ4n) is 3.78. The van der Waals surface area contributed by atoms with Crippen molar-refractivity contribution < 1.29 is 4.74 Å². The summed E-state index contributed by atoms with van der Waals surface area (Å²) in [5.74, 6) is 1.84. The highest BCUT2D eigenvalue weighted by molar-refractivity contribution is 8.00. The Hall–Kier alpha value is -2.16. The van der Waals surface area contributed by atoms with Crippen molar-refractivity contribution in [3.05, 3.63) is 30.1 Å². The molecule has 0 radical (unpaired) electrons. The van der Waals surface area contributed by atoms with E-state index in [1.807, 2.05) is 37.1 Å². The molecule has 0 aliphatic carbocycles. The number of aromatic amines is 1. The molecule has 0 amide bonds. The van der Waals surface area contributed by atoms with Gasteiger partial charge in [0.15, 0.2) is 5.82 Å². The third kappa shape index (κ3) is 3.07.